The SMILES string of the molecule is NC(=O)Oc1cccc(CCCBr)n1. The highest BCUT2D eigenvalue weighted by molar-refractivity contribution is 9.09. The molecule has 4 nitrogen and oxygen atoms in total. The quantitative estimate of drug-likeness (QED) is 0.839. The van der Waals surface area contributed by atoms with E-state index in [4.69, 9.17) is 5.73 Å². The molecule has 0 aliphatic heterocycles. The lowest BCUT2D eigenvalue weighted by Gasteiger charge is -2.02. The Bertz CT molecular complexity index is 317. The summed E-state index contributed by atoms with van der Waals surface area (Å²) in [4.78, 5) is 14.6. The third-order valence-electron chi connectivity index (χ3n) is 1.55. The van der Waals surface area contributed by atoms with E-state index < -0.39 is 6.09 Å². The van der Waals surface area contributed by atoms with E-state index in [2.05, 4.69) is 25.7 Å². The second-order valence-electron chi connectivity index (χ2n) is 2.68. The number of amides is 1. The molecule has 1 aromatic heterocycles. The first-order chi connectivity index (χ1) is 6.72. The second-order valence-corrected chi connectivity index (χ2v) is 3.47. The molecule has 14 heavy (non-hydrogen) atoms. The molecule has 0 aromatic carbocycles. The number of nitrogens with zero attached hydrogens (tertiary/aromatic N) is 1. The van der Waals surface area contributed by atoms with Crippen LogP contribution < -0.4 is 10.5 Å². The van der Waals surface area contributed by atoms with Crippen molar-refractivity contribution in [3.63, 3.8) is 0 Å². The summed E-state index contributed by atoms with van der Waals surface area (Å²) in [5, 5.41) is 0.926. The molecule has 1 heterocycles. The van der Waals surface area contributed by atoms with Crippen molar-refractivity contribution in [1.82, 2.24) is 4.98 Å². The van der Waals surface area contributed by atoms with Crippen LogP contribution in [0.5, 0.6) is 5.88 Å². The van der Waals surface area contributed by atoms with Crippen LogP contribution in [0.2, 0.25) is 0 Å². The van der Waals surface area contributed by atoms with Crippen LogP contribution in [0.3, 0.4) is 0 Å². The topological polar surface area (TPSA) is 65.2 Å². The number of carbonyl (C=O) groups excluding carboxylic acids is 1. The van der Waals surface area contributed by atoms with Gasteiger partial charge in [0, 0.05) is 17.1 Å². The van der Waals surface area contributed by atoms with Gasteiger partial charge in [0.05, 0.1) is 0 Å². The molecule has 1 rings (SSSR count). The van der Waals surface area contributed by atoms with Crippen molar-refractivity contribution in [3.05, 3.63) is 23.9 Å². The predicted octanol–water partition coefficient (Wildman–Crippen LogP) is 1.87. The van der Waals surface area contributed by atoms with Crippen molar-refractivity contribution < 1.29 is 9.53 Å². The van der Waals surface area contributed by atoms with E-state index in [1.165, 1.54) is 0 Å². The molecular weight excluding hydrogens is 248 g/mol. The Hall–Kier alpha value is -1.10. The van der Waals surface area contributed by atoms with Crippen LogP contribution in [-0.4, -0.2) is 16.4 Å². The van der Waals surface area contributed by atoms with E-state index in [0.29, 0.717) is 0 Å². The minimum absolute atomic E-state index is 0.254. The zero-order chi connectivity index (χ0) is 10.4. The number of aromatic nitrogens is 1. The van der Waals surface area contributed by atoms with Crippen LogP contribution in [-0.2, 0) is 6.42 Å². The summed E-state index contributed by atoms with van der Waals surface area (Å²) in [7, 11) is 0. The zero-order valence-corrected chi connectivity index (χ0v) is 9.16. The Morgan fingerprint density at radius 2 is 2.36 bits per heavy atom. The number of alkyl halides is 1. The van der Waals surface area contributed by atoms with E-state index in [1.807, 2.05) is 6.07 Å². The first kappa shape index (κ1) is 11.0. The highest BCUT2D eigenvalue weighted by Gasteiger charge is 2.01. The van der Waals surface area contributed by atoms with Crippen LogP contribution in [0.4, 0.5) is 4.79 Å². The Morgan fingerprint density at radius 1 is 1.57 bits per heavy atom. The number of hydrogen-bond acceptors (Lipinski definition) is 3. The number of ether oxygens (including phenoxy) is 1. The van der Waals surface area contributed by atoms with Gasteiger partial charge in [-0.25, -0.2) is 9.78 Å². The van der Waals surface area contributed by atoms with Gasteiger partial charge < -0.3 is 10.5 Å². The number of nitrogens with two attached hydrogens (primary N) is 1. The zero-order valence-electron chi connectivity index (χ0n) is 7.57. The number of hydrogen-bond donors (Lipinski definition) is 1. The van der Waals surface area contributed by atoms with Gasteiger partial charge in [-0.3, -0.25) is 0 Å². The summed E-state index contributed by atoms with van der Waals surface area (Å²) < 4.78 is 4.65. The Morgan fingerprint density at radius 3 is 3.00 bits per heavy atom. The molecule has 0 aliphatic rings. The molecule has 1 amide bonds. The van der Waals surface area contributed by atoms with E-state index in [1.54, 1.807) is 12.1 Å². The molecule has 0 fully saturated rings. The molecule has 0 saturated carbocycles. The molecular formula is C9H11BrN2O2. The summed E-state index contributed by atoms with van der Waals surface area (Å²) in [6.07, 6.45) is 1.00. The third kappa shape index (κ3) is 3.74. The molecule has 0 bridgehead atoms. The van der Waals surface area contributed by atoms with Crippen molar-refractivity contribution >= 4 is 22.0 Å². The van der Waals surface area contributed by atoms with Crippen LogP contribution >= 0.6 is 15.9 Å². The lowest BCUT2D eigenvalue weighted by Crippen LogP contribution is -2.17. The Balaban J connectivity index is 2.63. The predicted molar refractivity (Wildman–Crippen MR) is 56.6 cm³/mol. The second kappa shape index (κ2) is 5.59. The number of primary amides is 1. The van der Waals surface area contributed by atoms with Crippen molar-refractivity contribution in [2.24, 2.45) is 5.73 Å². The Kier molecular flexibility index (Phi) is 4.39. The van der Waals surface area contributed by atoms with Crippen LogP contribution in [0.25, 0.3) is 0 Å². The first-order valence-electron chi connectivity index (χ1n) is 4.21. The van der Waals surface area contributed by atoms with Crippen LogP contribution in [0.15, 0.2) is 18.2 Å². The first-order valence-corrected chi connectivity index (χ1v) is 5.33. The van der Waals surface area contributed by atoms with E-state index >= 15 is 0 Å². The minimum Gasteiger partial charge on any atom is -0.391 e. The average molecular weight is 259 g/mol. The fraction of sp³-hybridized carbons (Fsp3) is 0.333. The maximum absolute atomic E-state index is 10.4. The summed E-state index contributed by atoms with van der Waals surface area (Å²) in [6, 6.07) is 5.27. The van der Waals surface area contributed by atoms with E-state index in [9.17, 15) is 4.79 Å². The summed E-state index contributed by atoms with van der Waals surface area (Å²) in [5.41, 5.74) is 5.76. The maximum Gasteiger partial charge on any atom is 0.411 e. The van der Waals surface area contributed by atoms with Crippen molar-refractivity contribution in [2.45, 2.75) is 12.8 Å². The highest BCUT2D eigenvalue weighted by atomic mass is 79.9. The van der Waals surface area contributed by atoms with Crippen molar-refractivity contribution in [1.29, 1.82) is 0 Å². The lowest BCUT2D eigenvalue weighted by molar-refractivity contribution is 0.209. The number of aryl methyl sites for hydroxylation is 1. The normalized spacial score (nSPS) is 9.79. The number of pyridine rings is 1. The van der Waals surface area contributed by atoms with Gasteiger partial charge in [-0.1, -0.05) is 22.0 Å². The van der Waals surface area contributed by atoms with Gasteiger partial charge in [-0.05, 0) is 18.9 Å². The van der Waals surface area contributed by atoms with Gasteiger partial charge in [0.1, 0.15) is 0 Å². The van der Waals surface area contributed by atoms with Crippen LogP contribution in [0, 0.1) is 0 Å². The summed E-state index contributed by atoms with van der Waals surface area (Å²) in [6.45, 7) is 0. The van der Waals surface area contributed by atoms with Gasteiger partial charge in [0.2, 0.25) is 5.88 Å². The van der Waals surface area contributed by atoms with Gasteiger partial charge in [-0.2, -0.15) is 0 Å². The maximum atomic E-state index is 10.4. The smallest absolute Gasteiger partial charge is 0.391 e. The number of carbonyl (C=O) groups is 1. The van der Waals surface area contributed by atoms with E-state index in [0.717, 1.165) is 23.9 Å². The van der Waals surface area contributed by atoms with Gasteiger partial charge in [0.25, 0.3) is 0 Å². The molecule has 0 radical (unpaired) electrons. The Labute approximate surface area is 90.6 Å². The fourth-order valence-electron chi connectivity index (χ4n) is 1.00. The molecule has 5 heteroatoms. The molecule has 0 spiro atoms. The molecule has 0 saturated heterocycles. The largest absolute Gasteiger partial charge is 0.411 e. The monoisotopic (exact) mass is 258 g/mol. The lowest BCUT2D eigenvalue weighted by atomic mass is 10.2. The fourth-order valence-corrected chi connectivity index (χ4v) is 1.29. The minimum atomic E-state index is -0.838. The van der Waals surface area contributed by atoms with E-state index in [-0.39, 0.29) is 5.88 Å². The molecule has 1 aromatic rings. The molecule has 0 aliphatic carbocycles. The van der Waals surface area contributed by atoms with Gasteiger partial charge >= 0.3 is 6.09 Å². The van der Waals surface area contributed by atoms with Crippen LogP contribution in [0.1, 0.15) is 12.1 Å². The van der Waals surface area contributed by atoms with Crippen molar-refractivity contribution in [3.8, 4) is 5.88 Å². The highest BCUT2D eigenvalue weighted by Crippen LogP contribution is 2.09. The number of halogens is 1. The standard InChI is InChI=1S/C9H11BrN2O2/c10-6-2-4-7-3-1-5-8(12-7)14-9(11)13/h1,3,5H,2,4,6H2,(H2,11,13). The third-order valence-corrected chi connectivity index (χ3v) is 2.11. The van der Waals surface area contributed by atoms with Gasteiger partial charge in [-0.15, -0.1) is 0 Å². The summed E-state index contributed by atoms with van der Waals surface area (Å²) >= 11 is 3.33. The molecule has 0 unspecified atom stereocenters. The molecule has 76 valence electrons. The van der Waals surface area contributed by atoms with Crippen molar-refractivity contribution in [2.75, 3.05) is 5.33 Å². The summed E-state index contributed by atoms with van der Waals surface area (Å²) in [5.74, 6) is 0.254. The van der Waals surface area contributed by atoms with Gasteiger partial charge in [0.15, 0.2) is 0 Å². The average Bonchev–Trinajstić information content (AvgIpc) is 2.14. The molecule has 0 atom stereocenters. The number of rotatable bonds is 4. The molecule has 2 N–H and O–H groups in total.